The van der Waals surface area contributed by atoms with Crippen LogP contribution in [0.25, 0.3) is 17.8 Å². The summed E-state index contributed by atoms with van der Waals surface area (Å²) in [6.07, 6.45) is -0.180. The first-order valence-corrected chi connectivity index (χ1v) is 7.80. The predicted octanol–water partition coefficient (Wildman–Crippen LogP) is 3.62. The largest absolute Gasteiger partial charge is 0.573 e. The number of nitrogen functional groups attached to an aromatic ring is 1. The van der Waals surface area contributed by atoms with Crippen LogP contribution < -0.4 is 10.5 Å². The van der Waals surface area contributed by atoms with E-state index in [1.54, 1.807) is 18.2 Å². The van der Waals surface area contributed by atoms with Gasteiger partial charge in [-0.25, -0.2) is 14.5 Å². The zero-order valence-electron chi connectivity index (χ0n) is 14.1. The van der Waals surface area contributed by atoms with E-state index in [0.29, 0.717) is 17.1 Å². The molecule has 7 nitrogen and oxygen atoms in total. The third-order valence-corrected chi connectivity index (χ3v) is 3.58. The van der Waals surface area contributed by atoms with Gasteiger partial charge < -0.3 is 15.6 Å². The van der Waals surface area contributed by atoms with Crippen LogP contribution in [-0.2, 0) is 0 Å². The smallest absolute Gasteiger partial charge is 0.478 e. The quantitative estimate of drug-likeness (QED) is 0.645. The van der Waals surface area contributed by atoms with Crippen molar-refractivity contribution in [3.63, 3.8) is 0 Å². The standard InChI is InChI=1S/C18H13F3N4O3/c19-18(20,21)28-13-5-3-12(4-6-13)25-10-23-16(24-25)8-2-11-1-7-15(22)14(9-11)17(26)27/h1-10H,22H2,(H,26,27). The SMILES string of the molecule is Nc1ccc(C=Cc2ncn(-c3ccc(OC(F)(F)F)cc3)n2)cc1C(=O)O. The third-order valence-electron chi connectivity index (χ3n) is 3.58. The van der Waals surface area contributed by atoms with Gasteiger partial charge in [0.15, 0.2) is 5.82 Å². The Morgan fingerprint density at radius 2 is 1.86 bits per heavy atom. The first-order chi connectivity index (χ1) is 13.2. The number of hydrogen-bond donors (Lipinski definition) is 2. The van der Waals surface area contributed by atoms with E-state index in [1.165, 1.54) is 47.4 Å². The lowest BCUT2D eigenvalue weighted by Crippen LogP contribution is -2.17. The number of aromatic carboxylic acids is 1. The fourth-order valence-corrected chi connectivity index (χ4v) is 2.31. The van der Waals surface area contributed by atoms with Gasteiger partial charge in [0.05, 0.1) is 11.3 Å². The minimum absolute atomic E-state index is 0.0122. The van der Waals surface area contributed by atoms with Crippen molar-refractivity contribution in [2.24, 2.45) is 0 Å². The zero-order valence-corrected chi connectivity index (χ0v) is 14.1. The van der Waals surface area contributed by atoms with E-state index in [2.05, 4.69) is 14.8 Å². The molecule has 0 bridgehead atoms. The lowest BCUT2D eigenvalue weighted by atomic mass is 10.1. The average Bonchev–Trinajstić information content (AvgIpc) is 3.09. The Morgan fingerprint density at radius 3 is 2.50 bits per heavy atom. The normalized spacial score (nSPS) is 11.7. The molecule has 3 aromatic rings. The summed E-state index contributed by atoms with van der Waals surface area (Å²) < 4.78 is 41.8. The van der Waals surface area contributed by atoms with Gasteiger partial charge in [0.1, 0.15) is 12.1 Å². The Kier molecular flexibility index (Phi) is 5.03. The molecule has 1 heterocycles. The van der Waals surface area contributed by atoms with Crippen LogP contribution in [0.15, 0.2) is 48.8 Å². The molecule has 0 aliphatic heterocycles. The van der Waals surface area contributed by atoms with Gasteiger partial charge in [-0.1, -0.05) is 12.1 Å². The van der Waals surface area contributed by atoms with Gasteiger partial charge in [0.2, 0.25) is 0 Å². The van der Waals surface area contributed by atoms with Crippen molar-refractivity contribution in [1.82, 2.24) is 14.8 Å². The average molecular weight is 390 g/mol. The monoisotopic (exact) mass is 390 g/mol. The Hall–Kier alpha value is -3.82. The minimum Gasteiger partial charge on any atom is -0.478 e. The van der Waals surface area contributed by atoms with Crippen molar-refractivity contribution < 1.29 is 27.8 Å². The summed E-state index contributed by atoms with van der Waals surface area (Å²) >= 11 is 0. The number of rotatable bonds is 5. The number of carbonyl (C=O) groups is 1. The number of benzene rings is 2. The number of halogens is 3. The molecule has 0 unspecified atom stereocenters. The van der Waals surface area contributed by atoms with Gasteiger partial charge in [-0.15, -0.1) is 18.3 Å². The highest BCUT2D eigenvalue weighted by Gasteiger charge is 2.30. The van der Waals surface area contributed by atoms with Crippen LogP contribution in [0.5, 0.6) is 5.75 Å². The summed E-state index contributed by atoms with van der Waals surface area (Å²) in [4.78, 5) is 15.2. The Balaban J connectivity index is 1.75. The van der Waals surface area contributed by atoms with E-state index < -0.39 is 12.3 Å². The molecular weight excluding hydrogens is 377 g/mol. The van der Waals surface area contributed by atoms with E-state index in [0.717, 1.165) is 0 Å². The highest BCUT2D eigenvalue weighted by molar-refractivity contribution is 5.94. The highest BCUT2D eigenvalue weighted by Crippen LogP contribution is 2.23. The molecule has 28 heavy (non-hydrogen) atoms. The van der Waals surface area contributed by atoms with Gasteiger partial charge in [-0.05, 0) is 48.0 Å². The first-order valence-electron chi connectivity index (χ1n) is 7.80. The molecule has 0 fully saturated rings. The second-order valence-electron chi connectivity index (χ2n) is 5.57. The van der Waals surface area contributed by atoms with Gasteiger partial charge in [0.25, 0.3) is 0 Å². The second-order valence-corrected chi connectivity index (χ2v) is 5.57. The van der Waals surface area contributed by atoms with Crippen LogP contribution in [-0.4, -0.2) is 32.2 Å². The summed E-state index contributed by atoms with van der Waals surface area (Å²) in [5.41, 5.74) is 6.83. The lowest BCUT2D eigenvalue weighted by molar-refractivity contribution is -0.274. The van der Waals surface area contributed by atoms with Crippen molar-refractivity contribution in [2.45, 2.75) is 6.36 Å². The number of nitrogens with zero attached hydrogens (tertiary/aromatic N) is 3. The van der Waals surface area contributed by atoms with Gasteiger partial charge >= 0.3 is 12.3 Å². The van der Waals surface area contributed by atoms with Crippen LogP contribution in [0.3, 0.4) is 0 Å². The number of carboxylic acid groups (broad SMARTS) is 1. The molecule has 0 aliphatic rings. The lowest BCUT2D eigenvalue weighted by Gasteiger charge is -2.09. The molecule has 3 N–H and O–H groups in total. The molecule has 0 saturated heterocycles. The molecule has 3 rings (SSSR count). The van der Waals surface area contributed by atoms with Crippen molar-refractivity contribution in [3.8, 4) is 11.4 Å². The Labute approximate surface area is 156 Å². The van der Waals surface area contributed by atoms with Crippen LogP contribution in [0.1, 0.15) is 21.7 Å². The molecule has 1 aromatic heterocycles. The summed E-state index contributed by atoms with van der Waals surface area (Å²) in [7, 11) is 0. The fourth-order valence-electron chi connectivity index (χ4n) is 2.31. The Morgan fingerprint density at radius 1 is 1.14 bits per heavy atom. The predicted molar refractivity (Wildman–Crippen MR) is 94.8 cm³/mol. The summed E-state index contributed by atoms with van der Waals surface area (Å²) in [6, 6.07) is 9.70. The zero-order chi connectivity index (χ0) is 20.3. The maximum Gasteiger partial charge on any atom is 0.573 e. The molecule has 10 heteroatoms. The molecular formula is C18H13F3N4O3. The fraction of sp³-hybridized carbons (Fsp3) is 0.0556. The highest BCUT2D eigenvalue weighted by atomic mass is 19.4. The van der Waals surface area contributed by atoms with Crippen molar-refractivity contribution >= 4 is 23.8 Å². The van der Waals surface area contributed by atoms with Gasteiger partial charge in [-0.3, -0.25) is 0 Å². The molecule has 0 radical (unpaired) electrons. The molecule has 0 saturated carbocycles. The summed E-state index contributed by atoms with van der Waals surface area (Å²) in [5.74, 6) is -1.15. The number of ether oxygens (including phenoxy) is 1. The van der Waals surface area contributed by atoms with Crippen LogP contribution in [0.2, 0.25) is 0 Å². The van der Waals surface area contributed by atoms with Crippen molar-refractivity contribution in [1.29, 1.82) is 0 Å². The van der Waals surface area contributed by atoms with Crippen LogP contribution >= 0.6 is 0 Å². The molecule has 2 aromatic carbocycles. The number of anilines is 1. The number of aromatic nitrogens is 3. The minimum atomic E-state index is -4.75. The second kappa shape index (κ2) is 7.43. The van der Waals surface area contributed by atoms with Gasteiger partial charge in [-0.2, -0.15) is 0 Å². The van der Waals surface area contributed by atoms with Crippen LogP contribution in [0.4, 0.5) is 18.9 Å². The first kappa shape index (κ1) is 19.0. The Bertz CT molecular complexity index is 1030. The van der Waals surface area contributed by atoms with Crippen molar-refractivity contribution in [2.75, 3.05) is 5.73 Å². The van der Waals surface area contributed by atoms with E-state index in [9.17, 15) is 18.0 Å². The topological polar surface area (TPSA) is 103 Å². The number of alkyl halides is 3. The van der Waals surface area contributed by atoms with E-state index in [-0.39, 0.29) is 17.0 Å². The molecule has 0 atom stereocenters. The number of carboxylic acids is 1. The third kappa shape index (κ3) is 4.67. The molecule has 144 valence electrons. The van der Waals surface area contributed by atoms with E-state index in [4.69, 9.17) is 10.8 Å². The summed E-state index contributed by atoms with van der Waals surface area (Å²) in [6.45, 7) is 0. The maximum absolute atomic E-state index is 12.2. The van der Waals surface area contributed by atoms with Gasteiger partial charge in [0, 0.05) is 5.69 Å². The molecule has 0 spiro atoms. The van der Waals surface area contributed by atoms with E-state index in [1.807, 2.05) is 0 Å². The number of nitrogens with two attached hydrogens (primary N) is 1. The van der Waals surface area contributed by atoms with Crippen LogP contribution in [0, 0.1) is 0 Å². The molecule has 0 aliphatic carbocycles. The van der Waals surface area contributed by atoms with E-state index >= 15 is 0 Å². The maximum atomic E-state index is 12.2. The molecule has 0 amide bonds. The summed E-state index contributed by atoms with van der Waals surface area (Å²) in [5, 5.41) is 13.3. The van der Waals surface area contributed by atoms with Crippen molar-refractivity contribution in [3.05, 3.63) is 65.7 Å². The number of hydrogen-bond acceptors (Lipinski definition) is 5.